The van der Waals surface area contributed by atoms with Gasteiger partial charge in [-0.05, 0) is 29.8 Å². The molecule has 24 heavy (non-hydrogen) atoms. The maximum Gasteiger partial charge on any atom is 0.190 e. The average molecular weight is 342 g/mol. The average Bonchev–Trinajstić information content (AvgIpc) is 2.97. The Kier molecular flexibility index (Phi) is 4.24. The third-order valence-corrected chi connectivity index (χ3v) is 4.71. The first-order valence-corrected chi connectivity index (χ1v) is 8.63. The Morgan fingerprint density at radius 2 is 2.12 bits per heavy atom. The summed E-state index contributed by atoms with van der Waals surface area (Å²) < 4.78 is 5.39. The van der Waals surface area contributed by atoms with Crippen LogP contribution in [0, 0.1) is 0 Å². The summed E-state index contributed by atoms with van der Waals surface area (Å²) >= 11 is 1.50. The van der Waals surface area contributed by atoms with Crippen molar-refractivity contribution in [3.63, 3.8) is 0 Å². The number of fused-ring (bicyclic) bond motifs is 1. The fourth-order valence-electron chi connectivity index (χ4n) is 2.72. The first kappa shape index (κ1) is 15.3. The van der Waals surface area contributed by atoms with Gasteiger partial charge in [-0.25, -0.2) is 15.0 Å². The Labute approximate surface area is 143 Å². The van der Waals surface area contributed by atoms with E-state index in [0.717, 1.165) is 53.9 Å². The number of aromatic nitrogens is 3. The number of nitrogens with two attached hydrogens (primary N) is 1. The van der Waals surface area contributed by atoms with Crippen LogP contribution in [-0.4, -0.2) is 46.2 Å². The van der Waals surface area contributed by atoms with Crippen LogP contribution in [0.15, 0.2) is 30.5 Å². The Hall–Kier alpha value is -2.29. The van der Waals surface area contributed by atoms with Crippen LogP contribution in [0.1, 0.15) is 5.56 Å². The van der Waals surface area contributed by atoms with E-state index in [4.69, 9.17) is 10.5 Å². The minimum atomic E-state index is 0.502. The van der Waals surface area contributed by atoms with Crippen molar-refractivity contribution < 1.29 is 4.74 Å². The number of pyridine rings is 2. The lowest BCUT2D eigenvalue weighted by Gasteiger charge is -2.26. The van der Waals surface area contributed by atoms with Gasteiger partial charge in [0.2, 0.25) is 0 Å². The number of morpholine rings is 1. The maximum atomic E-state index is 5.97. The first-order valence-electron chi connectivity index (χ1n) is 7.81. The second-order valence-electron chi connectivity index (χ2n) is 5.65. The van der Waals surface area contributed by atoms with Gasteiger partial charge in [-0.15, -0.1) is 0 Å². The summed E-state index contributed by atoms with van der Waals surface area (Å²) in [6, 6.07) is 7.76. The molecule has 7 nitrogen and oxygen atoms in total. The molecule has 1 fully saturated rings. The molecule has 0 unspecified atom stereocenters. The maximum absolute atomic E-state index is 5.97. The molecule has 1 aliphatic heterocycles. The van der Waals surface area contributed by atoms with E-state index in [1.54, 1.807) is 6.20 Å². The van der Waals surface area contributed by atoms with Gasteiger partial charge in [-0.2, -0.15) is 0 Å². The predicted molar refractivity (Wildman–Crippen MR) is 95.4 cm³/mol. The lowest BCUT2D eigenvalue weighted by molar-refractivity contribution is 0.0342. The minimum absolute atomic E-state index is 0.502. The molecule has 0 aromatic carbocycles. The summed E-state index contributed by atoms with van der Waals surface area (Å²) in [5.74, 6) is 1.21. The van der Waals surface area contributed by atoms with E-state index in [1.807, 2.05) is 24.3 Å². The molecule has 0 saturated carbocycles. The van der Waals surface area contributed by atoms with E-state index in [2.05, 4.69) is 25.2 Å². The van der Waals surface area contributed by atoms with Crippen molar-refractivity contribution >= 4 is 38.5 Å². The highest BCUT2D eigenvalue weighted by molar-refractivity contribution is 7.21. The number of rotatable bonds is 4. The predicted octanol–water partition coefficient (Wildman–Crippen LogP) is 2.24. The molecule has 0 atom stereocenters. The van der Waals surface area contributed by atoms with Crippen LogP contribution >= 0.6 is 11.3 Å². The van der Waals surface area contributed by atoms with Crippen LogP contribution in [0.3, 0.4) is 0 Å². The van der Waals surface area contributed by atoms with Crippen LogP contribution in [0.4, 0.5) is 16.8 Å². The summed E-state index contributed by atoms with van der Waals surface area (Å²) in [5.41, 5.74) is 7.98. The number of nitrogen functional groups attached to an aromatic ring is 1. The summed E-state index contributed by atoms with van der Waals surface area (Å²) in [6.45, 7) is 4.28. The molecule has 4 rings (SSSR count). The quantitative estimate of drug-likeness (QED) is 0.751. The van der Waals surface area contributed by atoms with Gasteiger partial charge < -0.3 is 15.8 Å². The molecule has 3 N–H and O–H groups in total. The number of hydrogen-bond donors (Lipinski definition) is 2. The van der Waals surface area contributed by atoms with Gasteiger partial charge in [0.1, 0.15) is 22.0 Å². The zero-order valence-electron chi connectivity index (χ0n) is 13.1. The second kappa shape index (κ2) is 6.68. The van der Waals surface area contributed by atoms with Crippen molar-refractivity contribution in [3.8, 4) is 0 Å². The van der Waals surface area contributed by atoms with Crippen LogP contribution in [0.25, 0.3) is 10.3 Å². The summed E-state index contributed by atoms with van der Waals surface area (Å²) in [7, 11) is 0. The molecule has 0 amide bonds. The monoisotopic (exact) mass is 342 g/mol. The van der Waals surface area contributed by atoms with Crippen LogP contribution in [0.2, 0.25) is 0 Å². The molecule has 3 aromatic rings. The van der Waals surface area contributed by atoms with Gasteiger partial charge in [0, 0.05) is 25.8 Å². The molecular weight excluding hydrogens is 324 g/mol. The van der Waals surface area contributed by atoms with Crippen LogP contribution < -0.4 is 11.1 Å². The lowest BCUT2D eigenvalue weighted by Crippen LogP contribution is -2.35. The van der Waals surface area contributed by atoms with Gasteiger partial charge in [0.05, 0.1) is 13.2 Å². The molecule has 0 aliphatic carbocycles. The Bertz CT molecular complexity index is 812. The van der Waals surface area contributed by atoms with Gasteiger partial charge in [0.15, 0.2) is 5.13 Å². The van der Waals surface area contributed by atoms with Crippen LogP contribution in [-0.2, 0) is 11.3 Å². The summed E-state index contributed by atoms with van der Waals surface area (Å²) in [6.07, 6.45) is 1.77. The second-order valence-corrected chi connectivity index (χ2v) is 6.62. The van der Waals surface area contributed by atoms with E-state index < -0.39 is 0 Å². The SMILES string of the molecule is Nc1cc(CN2CCOCC2)cc(Nc2nc3cccnc3s2)n1. The topological polar surface area (TPSA) is 89.2 Å². The number of hydrogen-bond acceptors (Lipinski definition) is 8. The van der Waals surface area contributed by atoms with Crippen molar-refractivity contribution in [2.24, 2.45) is 0 Å². The van der Waals surface area contributed by atoms with Gasteiger partial charge in [-0.1, -0.05) is 11.3 Å². The zero-order valence-corrected chi connectivity index (χ0v) is 13.9. The highest BCUT2D eigenvalue weighted by atomic mass is 32.1. The molecule has 1 aliphatic rings. The molecule has 8 heteroatoms. The van der Waals surface area contributed by atoms with Crippen molar-refractivity contribution in [1.82, 2.24) is 19.9 Å². The Morgan fingerprint density at radius 3 is 2.96 bits per heavy atom. The van der Waals surface area contributed by atoms with Crippen molar-refractivity contribution in [2.75, 3.05) is 37.4 Å². The third kappa shape index (κ3) is 3.45. The molecule has 0 spiro atoms. The van der Waals surface area contributed by atoms with Gasteiger partial charge in [0.25, 0.3) is 0 Å². The fraction of sp³-hybridized carbons (Fsp3) is 0.312. The molecule has 0 bridgehead atoms. The zero-order chi connectivity index (χ0) is 16.4. The normalized spacial score (nSPS) is 15.7. The summed E-state index contributed by atoms with van der Waals surface area (Å²) in [4.78, 5) is 16.4. The Morgan fingerprint density at radius 1 is 1.25 bits per heavy atom. The molecule has 4 heterocycles. The molecule has 124 valence electrons. The van der Waals surface area contributed by atoms with Gasteiger partial charge >= 0.3 is 0 Å². The van der Waals surface area contributed by atoms with E-state index >= 15 is 0 Å². The van der Waals surface area contributed by atoms with Crippen LogP contribution in [0.5, 0.6) is 0 Å². The third-order valence-electron chi connectivity index (χ3n) is 3.82. The van der Waals surface area contributed by atoms with Gasteiger partial charge in [-0.3, -0.25) is 4.90 Å². The highest BCUT2D eigenvalue weighted by Gasteiger charge is 2.12. The van der Waals surface area contributed by atoms with Crippen molar-refractivity contribution in [1.29, 1.82) is 0 Å². The number of nitrogens with zero attached hydrogens (tertiary/aromatic N) is 4. The van der Waals surface area contributed by atoms with Crippen molar-refractivity contribution in [3.05, 3.63) is 36.0 Å². The van der Waals surface area contributed by atoms with Crippen molar-refractivity contribution in [2.45, 2.75) is 6.54 Å². The van der Waals surface area contributed by atoms with E-state index in [1.165, 1.54) is 11.3 Å². The molecule has 1 saturated heterocycles. The number of nitrogens with one attached hydrogen (secondary N) is 1. The minimum Gasteiger partial charge on any atom is -0.384 e. The lowest BCUT2D eigenvalue weighted by atomic mass is 10.2. The number of thiazole rings is 1. The first-order chi connectivity index (χ1) is 11.8. The fourth-order valence-corrected chi connectivity index (χ4v) is 3.53. The standard InChI is InChI=1S/C16H18N6OS/c17-13-8-11(10-22-4-6-23-7-5-22)9-14(20-13)21-16-19-12-2-1-3-18-15(12)24-16/h1-3,8-9H,4-7,10H2,(H3,17,19,20,21). The summed E-state index contributed by atoms with van der Waals surface area (Å²) in [5, 5.41) is 4.01. The number of ether oxygens (including phenoxy) is 1. The van der Waals surface area contributed by atoms with E-state index in [-0.39, 0.29) is 0 Å². The number of anilines is 3. The largest absolute Gasteiger partial charge is 0.384 e. The Balaban J connectivity index is 1.53. The highest BCUT2D eigenvalue weighted by Crippen LogP contribution is 2.26. The molecule has 3 aromatic heterocycles. The molecular formula is C16H18N6OS. The van der Waals surface area contributed by atoms with E-state index in [0.29, 0.717) is 11.6 Å². The van der Waals surface area contributed by atoms with E-state index in [9.17, 15) is 0 Å². The smallest absolute Gasteiger partial charge is 0.190 e. The molecule has 0 radical (unpaired) electrons.